The van der Waals surface area contributed by atoms with Gasteiger partial charge in [-0.1, -0.05) is 26.0 Å². The van der Waals surface area contributed by atoms with Gasteiger partial charge >= 0.3 is 37.7 Å². The van der Waals surface area contributed by atoms with E-state index < -0.39 is 8.07 Å². The molecule has 2 rings (SSSR count). The van der Waals surface area contributed by atoms with Crippen molar-refractivity contribution in [2.24, 2.45) is 0 Å². The number of benzene rings is 2. The zero-order valence-electron chi connectivity index (χ0n) is 14.2. The van der Waals surface area contributed by atoms with Crippen LogP contribution >= 0.6 is 8.07 Å². The molecule has 0 radical (unpaired) electrons. The van der Waals surface area contributed by atoms with Gasteiger partial charge in [0, 0.05) is 0 Å². The van der Waals surface area contributed by atoms with Gasteiger partial charge in [0.05, 0.1) is 0 Å². The van der Waals surface area contributed by atoms with Crippen molar-refractivity contribution in [1.29, 1.82) is 0 Å². The monoisotopic (exact) mass is 297 g/mol. The summed E-state index contributed by atoms with van der Waals surface area (Å²) >= 11 is 0. The van der Waals surface area contributed by atoms with Crippen LogP contribution in [0.1, 0.15) is 25.0 Å². The first-order valence-electron chi connectivity index (χ1n) is 7.16. The summed E-state index contributed by atoms with van der Waals surface area (Å²) in [6.07, 6.45) is 4.80. The third-order valence-electron chi connectivity index (χ3n) is 3.22. The van der Waals surface area contributed by atoms with Crippen LogP contribution in [0, 0.1) is 12.3 Å². The van der Waals surface area contributed by atoms with Crippen LogP contribution in [0.2, 0.25) is 0 Å². The molecule has 22 heavy (non-hydrogen) atoms. The van der Waals surface area contributed by atoms with Gasteiger partial charge in [0.25, 0.3) is 0 Å². The molecular formula is C18H22Li2NP. The van der Waals surface area contributed by atoms with Gasteiger partial charge in [0.1, 0.15) is 0 Å². The molecule has 0 aliphatic heterocycles. The van der Waals surface area contributed by atoms with E-state index in [1.165, 1.54) is 11.1 Å². The fourth-order valence-electron chi connectivity index (χ4n) is 2.13. The third kappa shape index (κ3) is 6.90. The van der Waals surface area contributed by atoms with Crippen molar-refractivity contribution in [3.63, 3.8) is 0 Å². The minimum absolute atomic E-state index is 0. The molecule has 0 amide bonds. The van der Waals surface area contributed by atoms with Crippen LogP contribution in [0.5, 0.6) is 0 Å². The average molecular weight is 297 g/mol. The third-order valence-corrected chi connectivity index (χ3v) is 5.56. The van der Waals surface area contributed by atoms with E-state index in [1.54, 1.807) is 0 Å². The second-order valence-corrected chi connectivity index (χ2v) is 6.44. The molecule has 0 N–H and O–H groups in total. The van der Waals surface area contributed by atoms with E-state index in [1.807, 2.05) is 0 Å². The van der Waals surface area contributed by atoms with E-state index in [-0.39, 0.29) is 37.7 Å². The Morgan fingerprint density at radius 2 is 1.09 bits per heavy atom. The standard InChI is InChI=1S/C18H22NP.2Li/c1-3-19(4-2)20(15-17-11-7-5-8-12-17)16-18-13-9-6-10-14-18;;/h5-16H,3-4H2,1-2H3;;/q-2;2*+1. The van der Waals surface area contributed by atoms with Crippen molar-refractivity contribution >= 4 is 8.07 Å². The quantitative estimate of drug-likeness (QED) is 0.366. The molecule has 2 aromatic rings. The Kier molecular flexibility index (Phi) is 12.1. The van der Waals surface area contributed by atoms with Crippen molar-refractivity contribution in [1.82, 2.24) is 4.67 Å². The topological polar surface area (TPSA) is 3.24 Å². The van der Waals surface area contributed by atoms with Crippen LogP contribution < -0.4 is 37.7 Å². The van der Waals surface area contributed by atoms with Gasteiger partial charge in [-0.05, 0) is 13.1 Å². The Balaban J connectivity index is 0.00000220. The molecule has 0 unspecified atom stereocenters. The van der Waals surface area contributed by atoms with Gasteiger partial charge in [-0.25, -0.2) is 0 Å². The first kappa shape index (κ1) is 21.8. The Labute approximate surface area is 161 Å². The van der Waals surface area contributed by atoms with Crippen molar-refractivity contribution < 1.29 is 37.7 Å². The fourth-order valence-corrected chi connectivity index (χ4v) is 4.14. The smallest absolute Gasteiger partial charge is 0.297 e. The summed E-state index contributed by atoms with van der Waals surface area (Å²) in [7, 11) is -0.394. The van der Waals surface area contributed by atoms with Gasteiger partial charge in [-0.2, -0.15) is 47.7 Å². The van der Waals surface area contributed by atoms with Gasteiger partial charge < -0.3 is 0 Å². The molecule has 0 aliphatic carbocycles. The van der Waals surface area contributed by atoms with Crippen LogP contribution in [0.4, 0.5) is 0 Å². The number of rotatable bonds is 7. The minimum Gasteiger partial charge on any atom is -0.297 e. The Morgan fingerprint density at radius 1 is 0.727 bits per heavy atom. The largest absolute Gasteiger partial charge is 1.00 e. The first-order chi connectivity index (χ1) is 9.83. The van der Waals surface area contributed by atoms with Gasteiger partial charge in [0.15, 0.2) is 0 Å². The second kappa shape index (κ2) is 12.2. The Morgan fingerprint density at radius 3 is 1.41 bits per heavy atom. The van der Waals surface area contributed by atoms with E-state index in [0.29, 0.717) is 0 Å². The molecule has 0 aromatic heterocycles. The predicted octanol–water partition coefficient (Wildman–Crippen LogP) is -0.847. The van der Waals surface area contributed by atoms with E-state index >= 15 is 0 Å². The second-order valence-electron chi connectivity index (χ2n) is 4.60. The van der Waals surface area contributed by atoms with Crippen LogP contribution in [0.3, 0.4) is 0 Å². The number of hydrogen-bond donors (Lipinski definition) is 0. The van der Waals surface area contributed by atoms with Crippen molar-refractivity contribution in [2.75, 3.05) is 13.1 Å². The zero-order valence-corrected chi connectivity index (χ0v) is 15.1. The summed E-state index contributed by atoms with van der Waals surface area (Å²) in [5.74, 6) is 0. The maximum Gasteiger partial charge on any atom is 1.00 e. The minimum atomic E-state index is -0.394. The molecule has 106 valence electrons. The van der Waals surface area contributed by atoms with E-state index in [0.717, 1.165) is 13.1 Å². The molecule has 2 aromatic carbocycles. The summed E-state index contributed by atoms with van der Waals surface area (Å²) in [6.45, 7) is 6.62. The maximum atomic E-state index is 2.52. The molecule has 0 saturated carbocycles. The number of hydrogen-bond acceptors (Lipinski definition) is 1. The van der Waals surface area contributed by atoms with Crippen LogP contribution in [-0.4, -0.2) is 17.8 Å². The average Bonchev–Trinajstić information content (AvgIpc) is 2.50. The molecule has 4 heteroatoms. The SMILES string of the molecule is CCN(CC)P([CH-]c1ccccc1)[CH-]c1ccccc1.[Li+].[Li+]. The predicted molar refractivity (Wildman–Crippen MR) is 89.5 cm³/mol. The van der Waals surface area contributed by atoms with Crippen LogP contribution in [0.15, 0.2) is 60.7 Å². The van der Waals surface area contributed by atoms with Gasteiger partial charge in [-0.3, -0.25) is 4.67 Å². The van der Waals surface area contributed by atoms with Crippen molar-refractivity contribution in [2.45, 2.75) is 13.8 Å². The van der Waals surface area contributed by atoms with Crippen LogP contribution in [-0.2, 0) is 0 Å². The summed E-state index contributed by atoms with van der Waals surface area (Å²) in [5.41, 5.74) is 2.61. The molecule has 0 saturated heterocycles. The maximum absolute atomic E-state index is 2.52. The molecule has 0 spiro atoms. The Bertz CT molecular complexity index is 447. The Hall–Kier alpha value is -0.235. The van der Waals surface area contributed by atoms with E-state index in [4.69, 9.17) is 0 Å². The summed E-state index contributed by atoms with van der Waals surface area (Å²) in [5, 5.41) is 0. The molecule has 0 bridgehead atoms. The summed E-state index contributed by atoms with van der Waals surface area (Å²) in [4.78, 5) is 0. The van der Waals surface area contributed by atoms with E-state index in [2.05, 4.69) is 91.5 Å². The van der Waals surface area contributed by atoms with Crippen molar-refractivity contribution in [3.8, 4) is 0 Å². The molecule has 0 atom stereocenters. The normalized spacial score (nSPS) is 9.82. The molecule has 0 heterocycles. The zero-order chi connectivity index (χ0) is 14.2. The number of nitrogens with zero attached hydrogens (tertiary/aromatic N) is 1. The fraction of sp³-hybridized carbons (Fsp3) is 0.222. The van der Waals surface area contributed by atoms with Crippen molar-refractivity contribution in [3.05, 3.63) is 84.1 Å². The van der Waals surface area contributed by atoms with Crippen LogP contribution in [0.25, 0.3) is 0 Å². The first-order valence-corrected chi connectivity index (χ1v) is 8.59. The van der Waals surface area contributed by atoms with E-state index in [9.17, 15) is 0 Å². The summed E-state index contributed by atoms with van der Waals surface area (Å²) < 4.78 is 2.52. The van der Waals surface area contributed by atoms with Gasteiger partial charge in [0.2, 0.25) is 0 Å². The van der Waals surface area contributed by atoms with Gasteiger partial charge in [-0.15, -0.1) is 32.3 Å². The molecule has 0 aliphatic rings. The molecule has 1 nitrogen and oxygen atoms in total. The molecule has 0 fully saturated rings. The molecular weight excluding hydrogens is 275 g/mol. The summed E-state index contributed by atoms with van der Waals surface area (Å²) in [6, 6.07) is 21.3.